The van der Waals surface area contributed by atoms with Crippen LogP contribution in [0.4, 0.5) is 5.82 Å². The molecule has 4 nitrogen and oxygen atoms in total. The molecule has 0 radical (unpaired) electrons. The molecule has 0 atom stereocenters. The quantitative estimate of drug-likeness (QED) is 0.778. The van der Waals surface area contributed by atoms with Crippen LogP contribution in [0.2, 0.25) is 5.02 Å². The van der Waals surface area contributed by atoms with E-state index < -0.39 is 0 Å². The van der Waals surface area contributed by atoms with Crippen LogP contribution in [-0.4, -0.2) is 9.78 Å². The van der Waals surface area contributed by atoms with Crippen molar-refractivity contribution in [2.45, 2.75) is 6.92 Å². The molecule has 20 heavy (non-hydrogen) atoms. The second kappa shape index (κ2) is 4.72. The van der Waals surface area contributed by atoms with Crippen molar-refractivity contribution in [1.29, 1.82) is 0 Å². The highest BCUT2D eigenvalue weighted by molar-refractivity contribution is 6.30. The third-order valence-corrected chi connectivity index (χ3v) is 3.52. The molecule has 0 aliphatic heterocycles. The number of anilines is 1. The van der Waals surface area contributed by atoms with Crippen LogP contribution in [-0.2, 0) is 7.05 Å². The van der Waals surface area contributed by atoms with Crippen molar-refractivity contribution >= 4 is 17.4 Å². The Morgan fingerprint density at radius 3 is 2.75 bits per heavy atom. The van der Waals surface area contributed by atoms with E-state index in [1.807, 2.05) is 44.3 Å². The fourth-order valence-corrected chi connectivity index (χ4v) is 2.43. The highest BCUT2D eigenvalue weighted by Crippen LogP contribution is 2.38. The summed E-state index contributed by atoms with van der Waals surface area (Å²) in [5.74, 6) is 1.31. The molecule has 0 saturated heterocycles. The Morgan fingerprint density at radius 1 is 1.30 bits per heavy atom. The smallest absolute Gasteiger partial charge is 0.157 e. The molecule has 102 valence electrons. The van der Waals surface area contributed by atoms with E-state index in [1.54, 1.807) is 10.9 Å². The minimum Gasteiger partial charge on any atom is -0.462 e. The average Bonchev–Trinajstić information content (AvgIpc) is 2.94. The third-order valence-electron chi connectivity index (χ3n) is 3.28. The molecule has 0 fully saturated rings. The molecule has 5 heteroatoms. The molecular weight excluding hydrogens is 274 g/mol. The van der Waals surface area contributed by atoms with Crippen LogP contribution in [0.1, 0.15) is 5.56 Å². The van der Waals surface area contributed by atoms with E-state index in [0.717, 1.165) is 28.1 Å². The molecule has 0 aliphatic carbocycles. The number of furan rings is 1. The Labute approximate surface area is 121 Å². The molecular formula is C15H14ClN3O. The van der Waals surface area contributed by atoms with Crippen LogP contribution in [0.3, 0.4) is 0 Å². The van der Waals surface area contributed by atoms with Crippen molar-refractivity contribution in [3.05, 3.63) is 47.2 Å². The zero-order chi connectivity index (χ0) is 14.3. The van der Waals surface area contributed by atoms with Gasteiger partial charge in [-0.05, 0) is 36.2 Å². The van der Waals surface area contributed by atoms with Gasteiger partial charge in [0.25, 0.3) is 0 Å². The van der Waals surface area contributed by atoms with Gasteiger partial charge in [0.2, 0.25) is 0 Å². The van der Waals surface area contributed by atoms with E-state index >= 15 is 0 Å². The SMILES string of the molecule is Cc1ccoc1-c1nn(C)c(N)c1-c1cccc(Cl)c1. The number of benzene rings is 1. The van der Waals surface area contributed by atoms with E-state index in [1.165, 1.54) is 0 Å². The summed E-state index contributed by atoms with van der Waals surface area (Å²) in [6.45, 7) is 1.98. The molecule has 0 aliphatic rings. The maximum atomic E-state index is 6.16. The van der Waals surface area contributed by atoms with Gasteiger partial charge < -0.3 is 10.2 Å². The Hall–Kier alpha value is -2.20. The summed E-state index contributed by atoms with van der Waals surface area (Å²) in [6.07, 6.45) is 1.65. The molecule has 0 saturated carbocycles. The topological polar surface area (TPSA) is 57.0 Å². The predicted molar refractivity (Wildman–Crippen MR) is 80.5 cm³/mol. The van der Waals surface area contributed by atoms with E-state index in [-0.39, 0.29) is 0 Å². The Kier molecular flexibility index (Phi) is 3.03. The number of hydrogen-bond donors (Lipinski definition) is 1. The van der Waals surface area contributed by atoms with Crippen LogP contribution in [0.15, 0.2) is 41.0 Å². The highest BCUT2D eigenvalue weighted by atomic mass is 35.5. The van der Waals surface area contributed by atoms with Crippen molar-refractivity contribution < 1.29 is 4.42 Å². The minimum absolute atomic E-state index is 0.582. The molecule has 0 unspecified atom stereocenters. The predicted octanol–water partition coefficient (Wildman–Crippen LogP) is 3.89. The number of rotatable bonds is 2. The first-order valence-electron chi connectivity index (χ1n) is 6.21. The first-order chi connectivity index (χ1) is 9.58. The molecule has 0 spiro atoms. The molecule has 3 rings (SSSR count). The number of hydrogen-bond acceptors (Lipinski definition) is 3. The average molecular weight is 288 g/mol. The summed E-state index contributed by atoms with van der Waals surface area (Å²) in [5.41, 5.74) is 9.67. The van der Waals surface area contributed by atoms with Gasteiger partial charge in [-0.1, -0.05) is 23.7 Å². The fourth-order valence-electron chi connectivity index (χ4n) is 2.24. The Balaban J connectivity index is 2.28. The van der Waals surface area contributed by atoms with E-state index in [9.17, 15) is 0 Å². The first-order valence-corrected chi connectivity index (χ1v) is 6.58. The maximum absolute atomic E-state index is 6.16. The van der Waals surface area contributed by atoms with Gasteiger partial charge in [-0.3, -0.25) is 4.68 Å². The molecule has 0 bridgehead atoms. The third kappa shape index (κ3) is 1.98. The summed E-state index contributed by atoms with van der Waals surface area (Å²) >= 11 is 6.07. The van der Waals surface area contributed by atoms with Crippen LogP contribution in [0, 0.1) is 6.92 Å². The lowest BCUT2D eigenvalue weighted by atomic mass is 10.0. The standard InChI is InChI=1S/C15H14ClN3O/c1-9-6-7-20-14(9)13-12(15(17)19(2)18-13)10-4-3-5-11(16)8-10/h3-8H,17H2,1-2H3. The lowest BCUT2D eigenvalue weighted by Gasteiger charge is -2.04. The van der Waals surface area contributed by atoms with Gasteiger partial charge in [-0.2, -0.15) is 5.10 Å². The molecule has 2 heterocycles. The van der Waals surface area contributed by atoms with Crippen molar-refractivity contribution in [3.8, 4) is 22.6 Å². The zero-order valence-corrected chi connectivity index (χ0v) is 12.0. The van der Waals surface area contributed by atoms with Gasteiger partial charge >= 0.3 is 0 Å². The first kappa shape index (κ1) is 12.8. The van der Waals surface area contributed by atoms with Crippen LogP contribution < -0.4 is 5.73 Å². The summed E-state index contributed by atoms with van der Waals surface area (Å²) < 4.78 is 7.19. The summed E-state index contributed by atoms with van der Waals surface area (Å²) in [7, 11) is 1.81. The normalized spacial score (nSPS) is 10.9. The van der Waals surface area contributed by atoms with E-state index in [2.05, 4.69) is 5.10 Å². The van der Waals surface area contributed by atoms with Crippen LogP contribution in [0.25, 0.3) is 22.6 Å². The number of nitrogens with two attached hydrogens (primary N) is 1. The van der Waals surface area contributed by atoms with Gasteiger partial charge in [-0.25, -0.2) is 0 Å². The largest absolute Gasteiger partial charge is 0.462 e. The van der Waals surface area contributed by atoms with Crippen molar-refractivity contribution in [1.82, 2.24) is 9.78 Å². The second-order valence-corrected chi connectivity index (χ2v) is 5.11. The lowest BCUT2D eigenvalue weighted by Crippen LogP contribution is -1.97. The minimum atomic E-state index is 0.582. The molecule has 3 aromatic rings. The summed E-state index contributed by atoms with van der Waals surface area (Å²) in [4.78, 5) is 0. The van der Waals surface area contributed by atoms with Gasteiger partial charge in [0.05, 0.1) is 11.8 Å². The number of nitrogens with zero attached hydrogens (tertiary/aromatic N) is 2. The zero-order valence-electron chi connectivity index (χ0n) is 11.2. The number of nitrogen functional groups attached to an aromatic ring is 1. The lowest BCUT2D eigenvalue weighted by molar-refractivity contribution is 0.576. The number of aryl methyl sites for hydroxylation is 2. The number of aromatic nitrogens is 2. The monoisotopic (exact) mass is 287 g/mol. The van der Waals surface area contributed by atoms with Crippen molar-refractivity contribution in [2.75, 3.05) is 5.73 Å². The van der Waals surface area contributed by atoms with E-state index in [0.29, 0.717) is 10.8 Å². The molecule has 2 N–H and O–H groups in total. The van der Waals surface area contributed by atoms with Gasteiger partial charge in [0.15, 0.2) is 5.76 Å². The summed E-state index contributed by atoms with van der Waals surface area (Å²) in [5, 5.41) is 5.13. The molecule has 2 aromatic heterocycles. The fraction of sp³-hybridized carbons (Fsp3) is 0.133. The van der Waals surface area contributed by atoms with Gasteiger partial charge in [-0.15, -0.1) is 0 Å². The Bertz CT molecular complexity index is 773. The second-order valence-electron chi connectivity index (χ2n) is 4.68. The van der Waals surface area contributed by atoms with Crippen LogP contribution >= 0.6 is 11.6 Å². The van der Waals surface area contributed by atoms with Gasteiger partial charge in [0, 0.05) is 12.1 Å². The summed E-state index contributed by atoms with van der Waals surface area (Å²) in [6, 6.07) is 9.46. The maximum Gasteiger partial charge on any atom is 0.157 e. The van der Waals surface area contributed by atoms with Gasteiger partial charge in [0.1, 0.15) is 11.5 Å². The Morgan fingerprint density at radius 2 is 2.10 bits per heavy atom. The molecule has 0 amide bonds. The van der Waals surface area contributed by atoms with E-state index in [4.69, 9.17) is 21.8 Å². The van der Waals surface area contributed by atoms with Crippen molar-refractivity contribution in [2.24, 2.45) is 7.05 Å². The van der Waals surface area contributed by atoms with Crippen molar-refractivity contribution in [3.63, 3.8) is 0 Å². The number of halogens is 1. The van der Waals surface area contributed by atoms with Crippen LogP contribution in [0.5, 0.6) is 0 Å². The highest BCUT2D eigenvalue weighted by Gasteiger charge is 2.20. The molecule has 1 aromatic carbocycles.